The van der Waals surface area contributed by atoms with Crippen molar-refractivity contribution in [2.75, 3.05) is 5.75 Å². The van der Waals surface area contributed by atoms with Crippen molar-refractivity contribution in [1.29, 1.82) is 0 Å². The summed E-state index contributed by atoms with van der Waals surface area (Å²) in [5.74, 6) is 2.33. The van der Waals surface area contributed by atoms with E-state index in [0.29, 0.717) is 5.25 Å². The van der Waals surface area contributed by atoms with Crippen LogP contribution in [0.15, 0.2) is 0 Å². The van der Waals surface area contributed by atoms with Crippen LogP contribution in [0.3, 0.4) is 0 Å². The molecule has 1 atom stereocenters. The average molecular weight is 240 g/mol. The predicted molar refractivity (Wildman–Crippen MR) is 68.0 cm³/mol. The lowest BCUT2D eigenvalue weighted by Gasteiger charge is -2.11. The van der Waals surface area contributed by atoms with Gasteiger partial charge in [-0.25, -0.2) is 4.98 Å². The molecule has 2 nitrogen and oxygen atoms in total. The third kappa shape index (κ3) is 2.26. The molecule has 1 saturated heterocycles. The molecule has 0 aliphatic carbocycles. The minimum Gasteiger partial charge on any atom is -0.346 e. The molecule has 1 aliphatic heterocycles. The van der Waals surface area contributed by atoms with Crippen LogP contribution in [0.25, 0.3) is 0 Å². The first-order valence-corrected chi connectivity index (χ1v) is 6.89. The van der Waals surface area contributed by atoms with Crippen molar-refractivity contribution in [3.8, 4) is 0 Å². The first-order chi connectivity index (χ1) is 7.22. The van der Waals surface area contributed by atoms with Crippen LogP contribution in [0, 0.1) is 11.6 Å². The summed E-state index contributed by atoms with van der Waals surface area (Å²) in [6.45, 7) is 4.22. The van der Waals surface area contributed by atoms with Crippen molar-refractivity contribution < 1.29 is 0 Å². The number of hydrogen-bond donors (Lipinski definition) is 1. The van der Waals surface area contributed by atoms with Crippen LogP contribution in [0.2, 0.25) is 0 Å². The van der Waals surface area contributed by atoms with Crippen molar-refractivity contribution in [1.82, 2.24) is 9.97 Å². The Morgan fingerprint density at radius 2 is 2.40 bits per heavy atom. The van der Waals surface area contributed by atoms with Crippen molar-refractivity contribution in [3.63, 3.8) is 0 Å². The Morgan fingerprint density at radius 1 is 1.60 bits per heavy atom. The molecule has 1 N–H and O–H groups in total. The summed E-state index contributed by atoms with van der Waals surface area (Å²) in [6.07, 6.45) is 3.49. The Bertz CT molecular complexity index is 406. The number of thioether (sulfide) groups is 1. The van der Waals surface area contributed by atoms with Gasteiger partial charge in [0.25, 0.3) is 0 Å². The van der Waals surface area contributed by atoms with Gasteiger partial charge in [0.1, 0.15) is 10.5 Å². The number of rotatable bonds is 2. The van der Waals surface area contributed by atoms with Crippen molar-refractivity contribution >= 4 is 24.0 Å². The fourth-order valence-corrected chi connectivity index (χ4v) is 3.61. The molecule has 82 valence electrons. The molecule has 0 spiro atoms. The van der Waals surface area contributed by atoms with Gasteiger partial charge in [0.2, 0.25) is 0 Å². The van der Waals surface area contributed by atoms with Gasteiger partial charge in [0, 0.05) is 11.3 Å². The molecule has 1 unspecified atom stereocenters. The first-order valence-electron chi connectivity index (χ1n) is 5.43. The van der Waals surface area contributed by atoms with Gasteiger partial charge < -0.3 is 4.98 Å². The van der Waals surface area contributed by atoms with E-state index in [1.165, 1.54) is 29.9 Å². The molecule has 2 rings (SSSR count). The Morgan fingerprint density at radius 3 is 2.93 bits per heavy atom. The number of nitrogens with one attached hydrogen (secondary N) is 1. The van der Waals surface area contributed by atoms with Crippen LogP contribution in [-0.4, -0.2) is 15.7 Å². The number of aromatic amines is 1. The molecule has 0 aromatic carbocycles. The lowest BCUT2D eigenvalue weighted by molar-refractivity contribution is 0.762. The number of nitrogens with zero attached hydrogens (tertiary/aromatic N) is 1. The van der Waals surface area contributed by atoms with Crippen LogP contribution in [-0.2, 0) is 6.42 Å². The Labute approximate surface area is 99.9 Å². The highest BCUT2D eigenvalue weighted by Gasteiger charge is 2.20. The van der Waals surface area contributed by atoms with E-state index in [1.807, 2.05) is 11.8 Å². The highest BCUT2D eigenvalue weighted by molar-refractivity contribution is 7.99. The van der Waals surface area contributed by atoms with Gasteiger partial charge >= 0.3 is 0 Å². The predicted octanol–water partition coefficient (Wildman–Crippen LogP) is 3.58. The molecule has 0 radical (unpaired) electrons. The van der Waals surface area contributed by atoms with Crippen molar-refractivity contribution in [3.05, 3.63) is 21.7 Å². The number of aromatic nitrogens is 2. The van der Waals surface area contributed by atoms with E-state index >= 15 is 0 Å². The van der Waals surface area contributed by atoms with Gasteiger partial charge in [-0.2, -0.15) is 11.8 Å². The molecule has 0 bridgehead atoms. The quantitative estimate of drug-likeness (QED) is 0.801. The zero-order valence-corrected chi connectivity index (χ0v) is 10.8. The summed E-state index contributed by atoms with van der Waals surface area (Å²) in [6, 6.07) is 0. The van der Waals surface area contributed by atoms with Crippen LogP contribution in [0.1, 0.15) is 42.1 Å². The maximum Gasteiger partial charge on any atom is 0.133 e. The van der Waals surface area contributed by atoms with Crippen LogP contribution >= 0.6 is 24.0 Å². The molecular weight excluding hydrogens is 224 g/mol. The second kappa shape index (κ2) is 4.66. The lowest BCUT2D eigenvalue weighted by Crippen LogP contribution is -2.04. The molecule has 0 amide bonds. The third-order valence-electron chi connectivity index (χ3n) is 2.84. The molecule has 4 heteroatoms. The molecule has 1 aliphatic rings. The summed E-state index contributed by atoms with van der Waals surface area (Å²) in [4.78, 5) is 7.94. The summed E-state index contributed by atoms with van der Waals surface area (Å²) >= 11 is 7.31. The summed E-state index contributed by atoms with van der Waals surface area (Å²) < 4.78 is 0.788. The molecule has 15 heavy (non-hydrogen) atoms. The Hall–Kier alpha value is -0.350. The van der Waals surface area contributed by atoms with E-state index in [2.05, 4.69) is 23.8 Å². The number of aryl methyl sites for hydroxylation is 1. The van der Waals surface area contributed by atoms with Gasteiger partial charge in [-0.1, -0.05) is 19.1 Å². The summed E-state index contributed by atoms with van der Waals surface area (Å²) in [5, 5.41) is 0.538. The second-order valence-corrected chi connectivity index (χ2v) is 5.58. The normalized spacial score (nSPS) is 20.8. The van der Waals surface area contributed by atoms with Gasteiger partial charge in [-0.05, 0) is 31.9 Å². The van der Waals surface area contributed by atoms with E-state index in [1.54, 1.807) is 0 Å². The SMILES string of the molecule is CCc1c(C)[nH]c(C2CCCS2)nc1=S. The monoisotopic (exact) mass is 240 g/mol. The van der Waals surface area contributed by atoms with E-state index in [4.69, 9.17) is 12.2 Å². The smallest absolute Gasteiger partial charge is 0.133 e. The summed E-state index contributed by atoms with van der Waals surface area (Å²) in [5.41, 5.74) is 2.39. The third-order valence-corrected chi connectivity index (χ3v) is 4.56. The first kappa shape index (κ1) is 11.1. The maximum absolute atomic E-state index is 5.32. The second-order valence-electron chi connectivity index (χ2n) is 3.89. The van der Waals surface area contributed by atoms with E-state index in [0.717, 1.165) is 16.9 Å². The van der Waals surface area contributed by atoms with E-state index < -0.39 is 0 Å². The van der Waals surface area contributed by atoms with Gasteiger partial charge in [0.05, 0.1) is 5.25 Å². The average Bonchev–Trinajstić information content (AvgIpc) is 2.69. The van der Waals surface area contributed by atoms with Crippen molar-refractivity contribution in [2.45, 2.75) is 38.4 Å². The van der Waals surface area contributed by atoms with Crippen LogP contribution in [0.4, 0.5) is 0 Å². The Kier molecular flexibility index (Phi) is 3.46. The fraction of sp³-hybridized carbons (Fsp3) is 0.636. The van der Waals surface area contributed by atoms with Gasteiger partial charge in [0.15, 0.2) is 0 Å². The van der Waals surface area contributed by atoms with E-state index in [-0.39, 0.29) is 0 Å². The Balaban J connectivity index is 2.38. The van der Waals surface area contributed by atoms with Gasteiger partial charge in [-0.15, -0.1) is 0 Å². The van der Waals surface area contributed by atoms with E-state index in [9.17, 15) is 0 Å². The molecule has 1 aromatic rings. The fourth-order valence-electron chi connectivity index (χ4n) is 1.99. The zero-order valence-electron chi connectivity index (χ0n) is 9.17. The van der Waals surface area contributed by atoms with Crippen molar-refractivity contribution in [2.24, 2.45) is 0 Å². The molecule has 1 fully saturated rings. The van der Waals surface area contributed by atoms with Gasteiger partial charge in [-0.3, -0.25) is 0 Å². The molecular formula is C11H16N2S2. The molecule has 0 saturated carbocycles. The number of H-pyrrole nitrogens is 1. The van der Waals surface area contributed by atoms with Crippen LogP contribution in [0.5, 0.6) is 0 Å². The summed E-state index contributed by atoms with van der Waals surface area (Å²) in [7, 11) is 0. The molecule has 2 heterocycles. The maximum atomic E-state index is 5.32. The highest BCUT2D eigenvalue weighted by atomic mass is 32.2. The standard InChI is InChI=1S/C11H16N2S2/c1-3-8-7(2)12-10(13-11(8)14)9-5-4-6-15-9/h9H,3-6H2,1-2H3,(H,12,13,14). The zero-order chi connectivity index (χ0) is 10.8. The van der Waals surface area contributed by atoms with Crippen LogP contribution < -0.4 is 0 Å². The number of hydrogen-bond acceptors (Lipinski definition) is 3. The highest BCUT2D eigenvalue weighted by Crippen LogP contribution is 2.38. The lowest BCUT2D eigenvalue weighted by atomic mass is 10.2. The largest absolute Gasteiger partial charge is 0.346 e. The minimum atomic E-state index is 0.538. The topological polar surface area (TPSA) is 28.7 Å². The molecule has 1 aromatic heterocycles. The minimum absolute atomic E-state index is 0.538.